The van der Waals surface area contributed by atoms with Crippen molar-refractivity contribution >= 4 is 23.0 Å². The lowest BCUT2D eigenvalue weighted by atomic mass is 9.81. The summed E-state index contributed by atoms with van der Waals surface area (Å²) in [5, 5.41) is 15.8. The fourth-order valence-corrected chi connectivity index (χ4v) is 4.12. The van der Waals surface area contributed by atoms with Gasteiger partial charge in [-0.15, -0.1) is 0 Å². The molecule has 1 heterocycles. The van der Waals surface area contributed by atoms with Crippen molar-refractivity contribution in [2.24, 2.45) is 19.1 Å². The second-order valence-electron chi connectivity index (χ2n) is 7.64. The minimum absolute atomic E-state index is 0.419. The third-order valence-corrected chi connectivity index (χ3v) is 5.72. The fourth-order valence-electron chi connectivity index (χ4n) is 3.99. The van der Waals surface area contributed by atoms with Crippen LogP contribution < -0.4 is 9.67 Å². The zero-order valence-electron chi connectivity index (χ0n) is 17.8. The van der Waals surface area contributed by atoms with Gasteiger partial charge in [0.05, 0.1) is 31.1 Å². The number of nitrogens with zero attached hydrogens (tertiary/aromatic N) is 3. The summed E-state index contributed by atoms with van der Waals surface area (Å²) in [5.41, 5.74) is 1.68. The summed E-state index contributed by atoms with van der Waals surface area (Å²) < 4.78 is 3.74. The minimum atomic E-state index is -1.76. The van der Waals surface area contributed by atoms with E-state index in [1.165, 1.54) is 0 Å². The normalized spacial score (nSPS) is 13.8. The number of hydrogen-bond acceptors (Lipinski definition) is 2. The number of hydrogen-bond donors (Lipinski definition) is 0. The van der Waals surface area contributed by atoms with E-state index in [0.717, 1.165) is 16.8 Å². The zero-order chi connectivity index (χ0) is 22.0. The Bertz CT molecular complexity index is 1210. The van der Waals surface area contributed by atoms with Crippen LogP contribution in [0.5, 0.6) is 0 Å². The maximum absolute atomic E-state index is 15.2. The van der Waals surface area contributed by atoms with Crippen molar-refractivity contribution in [3.8, 4) is 0 Å². The molecule has 0 aliphatic heterocycles. The van der Waals surface area contributed by atoms with Crippen LogP contribution in [0.25, 0.3) is 0 Å². The Labute approximate surface area is 187 Å². The Morgan fingerprint density at radius 2 is 1.61 bits per heavy atom. The number of aryl methyl sites for hydroxylation is 3. The van der Waals surface area contributed by atoms with Crippen LogP contribution in [0.4, 0.5) is 5.69 Å². The first-order chi connectivity index (χ1) is 14.9. The van der Waals surface area contributed by atoms with E-state index in [0.29, 0.717) is 22.1 Å². The van der Waals surface area contributed by atoms with E-state index in [4.69, 9.17) is 16.6 Å². The van der Waals surface area contributed by atoms with Crippen LogP contribution in [0, 0.1) is 6.92 Å². The lowest BCUT2D eigenvalue weighted by Crippen LogP contribution is -2.57. The van der Waals surface area contributed by atoms with Crippen LogP contribution >= 0.6 is 11.6 Å². The summed E-state index contributed by atoms with van der Waals surface area (Å²) in [6.45, 7) is 1.97. The average Bonchev–Trinajstić information content (AvgIpc) is 3.12. The first-order valence-corrected chi connectivity index (χ1v) is 10.5. The number of imidazole rings is 1. The van der Waals surface area contributed by atoms with Crippen molar-refractivity contribution < 1.29 is 9.67 Å². The molecule has 0 saturated carbocycles. The molecule has 5 heteroatoms. The summed E-state index contributed by atoms with van der Waals surface area (Å²) in [6.07, 6.45) is 3.78. The summed E-state index contributed by atoms with van der Waals surface area (Å²) in [6, 6.07) is 24.6. The van der Waals surface area contributed by atoms with E-state index in [9.17, 15) is 0 Å². The van der Waals surface area contributed by atoms with Gasteiger partial charge in [-0.05, 0) is 47.9 Å². The second-order valence-corrected chi connectivity index (χ2v) is 8.08. The van der Waals surface area contributed by atoms with Crippen LogP contribution in [0.2, 0.25) is 5.02 Å². The van der Waals surface area contributed by atoms with Gasteiger partial charge in [-0.1, -0.05) is 66.2 Å². The Morgan fingerprint density at radius 3 is 2.23 bits per heavy atom. The Balaban J connectivity index is 2.09. The molecular formula is C26H24ClN3O. The van der Waals surface area contributed by atoms with Crippen LogP contribution in [0.3, 0.4) is 0 Å². The Morgan fingerprint density at radius 1 is 0.968 bits per heavy atom. The molecule has 0 amide bonds. The molecule has 0 fully saturated rings. The van der Waals surface area contributed by atoms with Gasteiger partial charge in [0.1, 0.15) is 12.4 Å². The maximum atomic E-state index is 15.2. The number of aliphatic imine (C=N–C) groups is 1. The summed E-state index contributed by atoms with van der Waals surface area (Å²) >= 11 is 6.16. The lowest BCUT2D eigenvalue weighted by molar-refractivity contribution is -0.696. The van der Waals surface area contributed by atoms with Gasteiger partial charge in [0.2, 0.25) is 0 Å². The predicted octanol–water partition coefficient (Wildman–Crippen LogP) is 4.24. The molecule has 4 rings (SSSR count). The third kappa shape index (κ3) is 3.92. The van der Waals surface area contributed by atoms with Gasteiger partial charge >= 0.3 is 0 Å². The predicted molar refractivity (Wildman–Crippen MR) is 123 cm³/mol. The molecule has 4 aromatic rings. The molecule has 0 radical (unpaired) electrons. The van der Waals surface area contributed by atoms with Gasteiger partial charge in [0, 0.05) is 5.02 Å². The first kappa shape index (κ1) is 21.0. The standard InChI is InChI=1S/C26H24ClN3O/c1-19-9-7-8-12-23(19)26(31,25-29(2)17-18-30(25)3)24(20-13-15-21(27)16-14-20)28-22-10-5-4-6-11-22/h4-18H,1-3H3. The fraction of sp³-hybridized carbons (Fsp3) is 0.154. The highest BCUT2D eigenvalue weighted by molar-refractivity contribution is 6.30. The smallest absolute Gasteiger partial charge is 0.256 e. The number of para-hydroxylation sites is 1. The number of benzene rings is 3. The molecule has 156 valence electrons. The number of aromatic nitrogens is 2. The Hall–Kier alpha value is -3.21. The number of rotatable bonds is 5. The monoisotopic (exact) mass is 429 g/mol. The maximum Gasteiger partial charge on any atom is 0.256 e. The summed E-state index contributed by atoms with van der Waals surface area (Å²) in [4.78, 5) is 4.92. The first-order valence-electron chi connectivity index (χ1n) is 10.1. The van der Waals surface area contributed by atoms with Gasteiger partial charge in [-0.2, -0.15) is 0 Å². The van der Waals surface area contributed by atoms with E-state index in [1.54, 1.807) is 12.1 Å². The highest BCUT2D eigenvalue weighted by Gasteiger charge is 2.39. The molecule has 1 atom stereocenters. The molecule has 1 unspecified atom stereocenters. The van der Waals surface area contributed by atoms with E-state index < -0.39 is 5.60 Å². The van der Waals surface area contributed by atoms with Gasteiger partial charge in [0.25, 0.3) is 5.82 Å². The molecule has 0 aliphatic rings. The highest BCUT2D eigenvalue weighted by Crippen LogP contribution is 2.33. The zero-order valence-corrected chi connectivity index (χ0v) is 18.5. The second kappa shape index (κ2) is 8.50. The molecule has 0 bridgehead atoms. The quantitative estimate of drug-likeness (QED) is 0.345. The third-order valence-electron chi connectivity index (χ3n) is 5.47. The van der Waals surface area contributed by atoms with Crippen LogP contribution in [-0.2, 0) is 19.7 Å². The van der Waals surface area contributed by atoms with Gasteiger partial charge in [-0.25, -0.2) is 9.13 Å². The van der Waals surface area contributed by atoms with Crippen molar-refractivity contribution in [1.82, 2.24) is 4.57 Å². The molecule has 0 aliphatic carbocycles. The summed E-state index contributed by atoms with van der Waals surface area (Å²) in [7, 11) is 3.78. The summed E-state index contributed by atoms with van der Waals surface area (Å²) in [5.74, 6) is 0.589. The van der Waals surface area contributed by atoms with Gasteiger partial charge in [-0.3, -0.25) is 4.99 Å². The Kier molecular flexibility index (Phi) is 5.77. The number of halogens is 1. The van der Waals surface area contributed by atoms with E-state index >= 15 is 5.11 Å². The van der Waals surface area contributed by atoms with E-state index in [1.807, 2.05) is 109 Å². The topological polar surface area (TPSA) is 44.2 Å². The molecule has 4 nitrogen and oxygen atoms in total. The van der Waals surface area contributed by atoms with Crippen molar-refractivity contribution in [3.05, 3.63) is 119 Å². The largest absolute Gasteiger partial charge is 0.832 e. The van der Waals surface area contributed by atoms with Crippen molar-refractivity contribution in [3.63, 3.8) is 0 Å². The van der Waals surface area contributed by atoms with Crippen LogP contribution in [0.15, 0.2) is 96.2 Å². The molecule has 0 saturated heterocycles. The van der Waals surface area contributed by atoms with E-state index in [-0.39, 0.29) is 0 Å². The average molecular weight is 430 g/mol. The SMILES string of the molecule is Cc1ccccc1C([O-])(C(=Nc1ccccc1)c1ccc(Cl)cc1)c1n(C)cc[n+]1C. The van der Waals surface area contributed by atoms with Crippen LogP contribution in [-0.4, -0.2) is 10.3 Å². The van der Waals surface area contributed by atoms with Crippen LogP contribution in [0.1, 0.15) is 22.5 Å². The molecule has 1 aromatic heterocycles. The van der Waals surface area contributed by atoms with E-state index in [2.05, 4.69) is 0 Å². The molecule has 31 heavy (non-hydrogen) atoms. The highest BCUT2D eigenvalue weighted by atomic mass is 35.5. The lowest BCUT2D eigenvalue weighted by Gasteiger charge is -2.40. The molecular weight excluding hydrogens is 406 g/mol. The van der Waals surface area contributed by atoms with Crippen molar-refractivity contribution in [2.75, 3.05) is 0 Å². The van der Waals surface area contributed by atoms with Gasteiger partial charge in [0.15, 0.2) is 0 Å². The molecule has 3 aromatic carbocycles. The van der Waals surface area contributed by atoms with Crippen molar-refractivity contribution in [2.45, 2.75) is 12.5 Å². The molecule has 0 N–H and O–H groups in total. The minimum Gasteiger partial charge on any atom is -0.832 e. The van der Waals surface area contributed by atoms with Crippen molar-refractivity contribution in [1.29, 1.82) is 0 Å². The van der Waals surface area contributed by atoms with Gasteiger partial charge < -0.3 is 5.11 Å². The molecule has 0 spiro atoms.